The molecule has 1 heterocycles. The second kappa shape index (κ2) is 6.83. The minimum absolute atomic E-state index is 0.195. The molecule has 5 nitrogen and oxygen atoms in total. The van der Waals surface area contributed by atoms with Crippen LogP contribution in [0.15, 0.2) is 12.7 Å². The first-order valence-electron chi connectivity index (χ1n) is 5.88. The van der Waals surface area contributed by atoms with Crippen molar-refractivity contribution in [3.05, 3.63) is 24.0 Å². The number of carbonyl (C=O) groups is 1. The van der Waals surface area contributed by atoms with Crippen LogP contribution in [0.5, 0.6) is 0 Å². The van der Waals surface area contributed by atoms with E-state index in [2.05, 4.69) is 23.8 Å². The summed E-state index contributed by atoms with van der Waals surface area (Å²) >= 11 is 0. The number of hydrogen-bond acceptors (Lipinski definition) is 4. The number of rotatable bonds is 7. The molecule has 17 heavy (non-hydrogen) atoms. The SMILES string of the molecule is C=CCOC(=O)c1nnn(CCCCC)c1C. The Hall–Kier alpha value is -1.65. The van der Waals surface area contributed by atoms with Gasteiger partial charge >= 0.3 is 5.97 Å². The number of ether oxygens (including phenoxy) is 1. The Labute approximate surface area is 101 Å². The molecule has 0 saturated carbocycles. The number of aromatic nitrogens is 3. The molecule has 5 heteroatoms. The summed E-state index contributed by atoms with van der Waals surface area (Å²) in [7, 11) is 0. The maximum atomic E-state index is 11.6. The summed E-state index contributed by atoms with van der Waals surface area (Å²) in [5.74, 6) is -0.441. The number of hydrogen-bond donors (Lipinski definition) is 0. The smallest absolute Gasteiger partial charge is 0.361 e. The summed E-state index contributed by atoms with van der Waals surface area (Å²) in [6.07, 6.45) is 4.87. The fourth-order valence-electron chi connectivity index (χ4n) is 1.48. The van der Waals surface area contributed by atoms with E-state index < -0.39 is 5.97 Å². The van der Waals surface area contributed by atoms with Gasteiger partial charge in [-0.3, -0.25) is 0 Å². The average molecular weight is 237 g/mol. The van der Waals surface area contributed by atoms with Crippen molar-refractivity contribution in [3.63, 3.8) is 0 Å². The van der Waals surface area contributed by atoms with Crippen molar-refractivity contribution >= 4 is 5.97 Å². The quantitative estimate of drug-likeness (QED) is 0.414. The minimum Gasteiger partial charge on any atom is -0.457 e. The summed E-state index contributed by atoms with van der Waals surface area (Å²) < 4.78 is 6.67. The number of aryl methyl sites for hydroxylation is 1. The fourth-order valence-corrected chi connectivity index (χ4v) is 1.48. The normalized spacial score (nSPS) is 10.2. The molecule has 0 bridgehead atoms. The number of nitrogens with zero attached hydrogens (tertiary/aromatic N) is 3. The highest BCUT2D eigenvalue weighted by Gasteiger charge is 2.16. The van der Waals surface area contributed by atoms with Gasteiger partial charge in [0.25, 0.3) is 0 Å². The zero-order chi connectivity index (χ0) is 12.7. The summed E-state index contributed by atoms with van der Waals surface area (Å²) in [5.41, 5.74) is 1.05. The molecule has 0 spiro atoms. The van der Waals surface area contributed by atoms with Crippen molar-refractivity contribution in [2.75, 3.05) is 6.61 Å². The first-order chi connectivity index (χ1) is 8.20. The third-order valence-corrected chi connectivity index (χ3v) is 2.48. The zero-order valence-electron chi connectivity index (χ0n) is 10.5. The molecule has 0 N–H and O–H groups in total. The lowest BCUT2D eigenvalue weighted by molar-refractivity contribution is 0.0542. The molecule has 0 aliphatic rings. The van der Waals surface area contributed by atoms with E-state index in [0.717, 1.165) is 31.5 Å². The Morgan fingerprint density at radius 1 is 1.53 bits per heavy atom. The van der Waals surface area contributed by atoms with Crippen LogP contribution in [-0.2, 0) is 11.3 Å². The van der Waals surface area contributed by atoms with Gasteiger partial charge in [-0.15, -0.1) is 5.10 Å². The minimum atomic E-state index is -0.441. The van der Waals surface area contributed by atoms with Crippen LogP contribution >= 0.6 is 0 Å². The number of esters is 1. The van der Waals surface area contributed by atoms with Gasteiger partial charge in [0.05, 0.1) is 5.69 Å². The van der Waals surface area contributed by atoms with E-state index in [9.17, 15) is 4.79 Å². The summed E-state index contributed by atoms with van der Waals surface area (Å²) in [6.45, 7) is 8.45. The summed E-state index contributed by atoms with van der Waals surface area (Å²) in [5, 5.41) is 7.81. The van der Waals surface area contributed by atoms with E-state index in [4.69, 9.17) is 4.74 Å². The Morgan fingerprint density at radius 3 is 2.94 bits per heavy atom. The van der Waals surface area contributed by atoms with Crippen LogP contribution in [0.1, 0.15) is 42.4 Å². The van der Waals surface area contributed by atoms with E-state index in [1.807, 2.05) is 6.92 Å². The molecule has 0 radical (unpaired) electrons. The van der Waals surface area contributed by atoms with Crippen molar-refractivity contribution in [1.29, 1.82) is 0 Å². The van der Waals surface area contributed by atoms with Gasteiger partial charge in [-0.05, 0) is 13.3 Å². The van der Waals surface area contributed by atoms with Gasteiger partial charge < -0.3 is 4.74 Å². The lowest BCUT2D eigenvalue weighted by atomic mass is 10.2. The lowest BCUT2D eigenvalue weighted by Crippen LogP contribution is -2.08. The van der Waals surface area contributed by atoms with Crippen LogP contribution in [0.3, 0.4) is 0 Å². The topological polar surface area (TPSA) is 57.0 Å². The first kappa shape index (κ1) is 13.4. The van der Waals surface area contributed by atoms with E-state index in [1.54, 1.807) is 4.68 Å². The molecule has 1 rings (SSSR count). The van der Waals surface area contributed by atoms with E-state index in [1.165, 1.54) is 6.08 Å². The fraction of sp³-hybridized carbons (Fsp3) is 0.583. The molecule has 0 fully saturated rings. The monoisotopic (exact) mass is 237 g/mol. The van der Waals surface area contributed by atoms with Crippen LogP contribution in [0.25, 0.3) is 0 Å². The molecular weight excluding hydrogens is 218 g/mol. The van der Waals surface area contributed by atoms with Crippen molar-refractivity contribution < 1.29 is 9.53 Å². The maximum absolute atomic E-state index is 11.6. The molecule has 0 amide bonds. The largest absolute Gasteiger partial charge is 0.457 e. The highest BCUT2D eigenvalue weighted by atomic mass is 16.5. The van der Waals surface area contributed by atoms with E-state index >= 15 is 0 Å². The Balaban J connectivity index is 2.62. The van der Waals surface area contributed by atoms with Crippen LogP contribution in [-0.4, -0.2) is 27.6 Å². The number of unbranched alkanes of at least 4 members (excludes halogenated alkanes) is 2. The van der Waals surface area contributed by atoms with Gasteiger partial charge in [0, 0.05) is 6.54 Å². The molecular formula is C12H19N3O2. The van der Waals surface area contributed by atoms with Crippen LogP contribution in [0.4, 0.5) is 0 Å². The van der Waals surface area contributed by atoms with Gasteiger partial charge in [-0.25, -0.2) is 9.48 Å². The molecule has 0 aliphatic carbocycles. The third kappa shape index (κ3) is 3.69. The van der Waals surface area contributed by atoms with Gasteiger partial charge in [0.2, 0.25) is 0 Å². The average Bonchev–Trinajstić information content (AvgIpc) is 2.68. The van der Waals surface area contributed by atoms with Gasteiger partial charge in [0.1, 0.15) is 6.61 Å². The van der Waals surface area contributed by atoms with E-state index in [-0.39, 0.29) is 6.61 Å². The van der Waals surface area contributed by atoms with Crippen LogP contribution in [0.2, 0.25) is 0 Å². The molecule has 94 valence electrons. The van der Waals surface area contributed by atoms with Gasteiger partial charge in [0.15, 0.2) is 5.69 Å². The molecule has 0 aromatic carbocycles. The standard InChI is InChI=1S/C12H19N3O2/c1-4-6-7-8-15-10(3)11(13-14-15)12(16)17-9-5-2/h5H,2,4,6-9H2,1,3H3. The second-order valence-electron chi connectivity index (χ2n) is 3.84. The summed E-state index contributed by atoms with van der Waals surface area (Å²) in [6, 6.07) is 0. The van der Waals surface area contributed by atoms with Crippen molar-refractivity contribution in [1.82, 2.24) is 15.0 Å². The van der Waals surface area contributed by atoms with E-state index in [0.29, 0.717) is 5.69 Å². The van der Waals surface area contributed by atoms with Crippen LogP contribution < -0.4 is 0 Å². The van der Waals surface area contributed by atoms with Gasteiger partial charge in [-0.2, -0.15) is 0 Å². The van der Waals surface area contributed by atoms with Crippen LogP contribution in [0, 0.1) is 6.92 Å². The molecule has 0 saturated heterocycles. The molecule has 1 aromatic rings. The molecule has 0 atom stereocenters. The zero-order valence-corrected chi connectivity index (χ0v) is 10.5. The molecule has 1 aromatic heterocycles. The second-order valence-corrected chi connectivity index (χ2v) is 3.84. The third-order valence-electron chi connectivity index (χ3n) is 2.48. The predicted octanol–water partition coefficient (Wildman–Crippen LogP) is 2.12. The molecule has 0 unspecified atom stereocenters. The number of carbonyl (C=O) groups excluding carboxylic acids is 1. The van der Waals surface area contributed by atoms with Crippen molar-refractivity contribution in [3.8, 4) is 0 Å². The van der Waals surface area contributed by atoms with Gasteiger partial charge in [-0.1, -0.05) is 37.6 Å². The van der Waals surface area contributed by atoms with Crippen molar-refractivity contribution in [2.45, 2.75) is 39.7 Å². The van der Waals surface area contributed by atoms with Crippen molar-refractivity contribution in [2.24, 2.45) is 0 Å². The lowest BCUT2D eigenvalue weighted by Gasteiger charge is -2.02. The predicted molar refractivity (Wildman–Crippen MR) is 64.8 cm³/mol. The Morgan fingerprint density at radius 2 is 2.29 bits per heavy atom. The Bertz CT molecular complexity index is 385. The highest BCUT2D eigenvalue weighted by molar-refractivity contribution is 5.88. The molecule has 0 aliphatic heterocycles. The summed E-state index contributed by atoms with van der Waals surface area (Å²) in [4.78, 5) is 11.6. The Kier molecular flexibility index (Phi) is 5.39. The first-order valence-corrected chi connectivity index (χ1v) is 5.88. The maximum Gasteiger partial charge on any atom is 0.361 e. The highest BCUT2D eigenvalue weighted by Crippen LogP contribution is 2.07.